The van der Waals surface area contributed by atoms with Gasteiger partial charge in [-0.15, -0.1) is 11.3 Å². The van der Waals surface area contributed by atoms with Gasteiger partial charge < -0.3 is 14.0 Å². The van der Waals surface area contributed by atoms with Crippen molar-refractivity contribution in [2.45, 2.75) is 39.2 Å². The maximum Gasteiger partial charge on any atom is 0.155 e. The Morgan fingerprint density at radius 2 is 2.07 bits per heavy atom. The van der Waals surface area contributed by atoms with Gasteiger partial charge in [0, 0.05) is 34.2 Å². The molecule has 0 bridgehead atoms. The summed E-state index contributed by atoms with van der Waals surface area (Å²) in [6, 6.07) is 11.8. The van der Waals surface area contributed by atoms with Crippen LogP contribution in [-0.4, -0.2) is 16.9 Å². The van der Waals surface area contributed by atoms with Crippen molar-refractivity contribution in [2.75, 3.05) is 0 Å². The summed E-state index contributed by atoms with van der Waals surface area (Å²) in [5.41, 5.74) is 2.08. The smallest absolute Gasteiger partial charge is 0.155 e. The van der Waals surface area contributed by atoms with Gasteiger partial charge in [-0.3, -0.25) is 4.98 Å². The zero-order valence-electron chi connectivity index (χ0n) is 16.6. The first-order chi connectivity index (χ1) is 13.9. The van der Waals surface area contributed by atoms with Gasteiger partial charge in [-0.1, -0.05) is 11.2 Å². The largest absolute Gasteiger partial charge is 0.454 e. The van der Waals surface area contributed by atoms with Crippen LogP contribution in [-0.2, 0) is 16.1 Å². The summed E-state index contributed by atoms with van der Waals surface area (Å²) in [6.45, 7) is 5.86. The van der Waals surface area contributed by atoms with Crippen LogP contribution in [0.15, 0.2) is 57.5 Å². The van der Waals surface area contributed by atoms with E-state index in [4.69, 9.17) is 9.25 Å². The molecule has 5 nitrogen and oxygen atoms in total. The van der Waals surface area contributed by atoms with E-state index in [1.807, 2.05) is 68.7 Å². The SMILES string of the molecule is CC(C)(C)ON=c1cc(-c2cc3sccc3cn2)oc2ccc(CCC=O)cc12. The van der Waals surface area contributed by atoms with E-state index in [-0.39, 0.29) is 0 Å². The third-order valence-corrected chi connectivity index (χ3v) is 5.25. The van der Waals surface area contributed by atoms with Crippen molar-refractivity contribution in [3.05, 3.63) is 58.9 Å². The number of aromatic nitrogens is 1. The fourth-order valence-corrected chi connectivity index (χ4v) is 3.77. The van der Waals surface area contributed by atoms with Crippen molar-refractivity contribution in [3.8, 4) is 11.5 Å². The zero-order valence-corrected chi connectivity index (χ0v) is 17.5. The number of nitrogens with zero attached hydrogens (tertiary/aromatic N) is 2. The molecule has 0 aliphatic carbocycles. The van der Waals surface area contributed by atoms with Crippen LogP contribution in [0.1, 0.15) is 32.8 Å². The number of pyridine rings is 1. The predicted octanol–water partition coefficient (Wildman–Crippen LogP) is 5.47. The minimum Gasteiger partial charge on any atom is -0.454 e. The van der Waals surface area contributed by atoms with E-state index in [0.29, 0.717) is 29.5 Å². The Balaban J connectivity index is 1.88. The molecule has 3 aromatic heterocycles. The molecule has 0 amide bonds. The molecule has 0 aliphatic rings. The van der Waals surface area contributed by atoms with Crippen molar-refractivity contribution in [3.63, 3.8) is 0 Å². The van der Waals surface area contributed by atoms with Crippen molar-refractivity contribution in [1.82, 2.24) is 4.98 Å². The molecule has 6 heteroatoms. The summed E-state index contributed by atoms with van der Waals surface area (Å²) in [7, 11) is 0. The minimum absolute atomic E-state index is 0.414. The summed E-state index contributed by atoms with van der Waals surface area (Å²) < 4.78 is 7.31. The average molecular weight is 407 g/mol. The number of rotatable bonds is 5. The molecule has 4 rings (SSSR count). The monoisotopic (exact) mass is 406 g/mol. The molecular weight excluding hydrogens is 384 g/mol. The number of aldehydes is 1. The fourth-order valence-electron chi connectivity index (χ4n) is 2.98. The highest BCUT2D eigenvalue weighted by molar-refractivity contribution is 7.17. The summed E-state index contributed by atoms with van der Waals surface area (Å²) in [6.07, 6.45) is 3.94. The summed E-state index contributed by atoms with van der Waals surface area (Å²) in [4.78, 5) is 21.0. The Hall–Kier alpha value is -2.99. The molecule has 0 N–H and O–H groups in total. The van der Waals surface area contributed by atoms with Crippen molar-refractivity contribution >= 4 is 38.7 Å². The predicted molar refractivity (Wildman–Crippen MR) is 116 cm³/mol. The molecule has 148 valence electrons. The first-order valence-electron chi connectivity index (χ1n) is 9.49. The number of carbonyl (C=O) groups excluding carboxylic acids is 1. The normalized spacial score (nSPS) is 12.6. The number of hydrogen-bond donors (Lipinski definition) is 0. The lowest BCUT2D eigenvalue weighted by Gasteiger charge is -2.15. The van der Waals surface area contributed by atoms with Gasteiger partial charge in [-0.25, -0.2) is 0 Å². The molecule has 0 saturated heterocycles. The van der Waals surface area contributed by atoms with Gasteiger partial charge in [0.15, 0.2) is 5.76 Å². The summed E-state index contributed by atoms with van der Waals surface area (Å²) in [5.74, 6) is 0.629. The average Bonchev–Trinajstić information content (AvgIpc) is 3.17. The minimum atomic E-state index is -0.414. The quantitative estimate of drug-likeness (QED) is 0.325. The molecule has 3 heterocycles. The number of hydrogen-bond acceptors (Lipinski definition) is 6. The van der Waals surface area contributed by atoms with Gasteiger partial charge in [-0.2, -0.15) is 0 Å². The highest BCUT2D eigenvalue weighted by Crippen LogP contribution is 2.27. The Kier molecular flexibility index (Phi) is 5.20. The lowest BCUT2D eigenvalue weighted by molar-refractivity contribution is -0.107. The second kappa shape index (κ2) is 7.79. The molecule has 0 radical (unpaired) electrons. The van der Waals surface area contributed by atoms with E-state index < -0.39 is 5.60 Å². The van der Waals surface area contributed by atoms with Crippen LogP contribution in [0.25, 0.3) is 32.5 Å². The first kappa shape index (κ1) is 19.3. The molecule has 0 unspecified atom stereocenters. The molecule has 4 aromatic rings. The number of aryl methyl sites for hydroxylation is 1. The van der Waals surface area contributed by atoms with Crippen LogP contribution in [0.3, 0.4) is 0 Å². The van der Waals surface area contributed by atoms with Gasteiger partial charge in [0.25, 0.3) is 0 Å². The van der Waals surface area contributed by atoms with Crippen LogP contribution < -0.4 is 5.36 Å². The van der Waals surface area contributed by atoms with Crippen LogP contribution in [0.4, 0.5) is 0 Å². The van der Waals surface area contributed by atoms with Crippen LogP contribution >= 0.6 is 11.3 Å². The second-order valence-electron chi connectivity index (χ2n) is 7.85. The van der Waals surface area contributed by atoms with Gasteiger partial charge >= 0.3 is 0 Å². The van der Waals surface area contributed by atoms with Gasteiger partial charge in [0.05, 0.1) is 0 Å². The van der Waals surface area contributed by atoms with Crippen LogP contribution in [0.5, 0.6) is 0 Å². The van der Waals surface area contributed by atoms with Gasteiger partial charge in [0.1, 0.15) is 28.5 Å². The Morgan fingerprint density at radius 1 is 1.21 bits per heavy atom. The molecule has 0 aliphatic heterocycles. The third kappa shape index (κ3) is 4.38. The number of carbonyl (C=O) groups is 1. The fraction of sp³-hybridized carbons (Fsp3) is 0.261. The van der Waals surface area contributed by atoms with E-state index in [1.54, 1.807) is 11.3 Å². The van der Waals surface area contributed by atoms with E-state index in [9.17, 15) is 4.79 Å². The maximum atomic E-state index is 10.7. The molecule has 1 aromatic carbocycles. The Labute approximate surface area is 172 Å². The Bertz CT molecular complexity index is 1250. The van der Waals surface area contributed by atoms with Gasteiger partial charge in [-0.05, 0) is 62.4 Å². The zero-order chi connectivity index (χ0) is 20.4. The first-order valence-corrected chi connectivity index (χ1v) is 10.4. The van der Waals surface area contributed by atoms with Crippen LogP contribution in [0.2, 0.25) is 0 Å². The van der Waals surface area contributed by atoms with E-state index >= 15 is 0 Å². The van der Waals surface area contributed by atoms with Crippen LogP contribution in [0, 0.1) is 0 Å². The number of fused-ring (bicyclic) bond motifs is 2. The standard InChI is InChI=1S/C23H22N2O3S/c1-23(2,3)28-25-18-12-21(19-13-22-16(14-24-19)8-10-29-22)27-20-7-6-15(5-4-9-26)11-17(18)20/h6-14H,4-5H2,1-3H3. The number of thiophene rings is 1. The molecule has 29 heavy (non-hydrogen) atoms. The van der Waals surface area contributed by atoms with Crippen molar-refractivity contribution in [1.29, 1.82) is 0 Å². The topological polar surface area (TPSA) is 64.7 Å². The maximum absolute atomic E-state index is 10.7. The molecular formula is C23H22N2O3S. The summed E-state index contributed by atoms with van der Waals surface area (Å²) in [5, 5.41) is 9.09. The van der Waals surface area contributed by atoms with Gasteiger partial charge in [0.2, 0.25) is 0 Å². The third-order valence-electron chi connectivity index (χ3n) is 4.37. The van der Waals surface area contributed by atoms with E-state index in [2.05, 4.69) is 10.1 Å². The Morgan fingerprint density at radius 3 is 2.86 bits per heavy atom. The summed E-state index contributed by atoms with van der Waals surface area (Å²) >= 11 is 1.67. The lowest BCUT2D eigenvalue weighted by atomic mass is 10.1. The molecule has 0 saturated carbocycles. The highest BCUT2D eigenvalue weighted by Gasteiger charge is 2.13. The molecule has 0 atom stereocenters. The van der Waals surface area contributed by atoms with Crippen molar-refractivity contribution in [2.24, 2.45) is 5.16 Å². The van der Waals surface area contributed by atoms with Crippen molar-refractivity contribution < 1.29 is 14.0 Å². The highest BCUT2D eigenvalue weighted by atomic mass is 32.1. The molecule has 0 spiro atoms. The lowest BCUT2D eigenvalue weighted by Crippen LogP contribution is -2.18. The van der Waals surface area contributed by atoms with E-state index in [0.717, 1.165) is 33.0 Å². The molecule has 0 fully saturated rings. The second-order valence-corrected chi connectivity index (χ2v) is 8.80. The van der Waals surface area contributed by atoms with E-state index in [1.165, 1.54) is 0 Å². The number of benzene rings is 1.